The van der Waals surface area contributed by atoms with Crippen LogP contribution in [0.5, 0.6) is 0 Å². The minimum atomic E-state index is 1.27. The predicted molar refractivity (Wildman–Crippen MR) is 67.5 cm³/mol. The lowest BCUT2D eigenvalue weighted by Gasteiger charge is -2.02. The van der Waals surface area contributed by atoms with Crippen LogP contribution in [0.15, 0.2) is 40.3 Å². The first-order valence-corrected chi connectivity index (χ1v) is 6.01. The van der Waals surface area contributed by atoms with Crippen molar-refractivity contribution >= 4 is 17.8 Å². The summed E-state index contributed by atoms with van der Waals surface area (Å²) in [5, 5.41) is 1.97. The minimum absolute atomic E-state index is 1.27. The van der Waals surface area contributed by atoms with E-state index in [2.05, 4.69) is 23.9 Å². The fraction of sp³-hybridized carbons (Fsp3) is 0.308. The Kier molecular flexibility index (Phi) is 8.11. The van der Waals surface area contributed by atoms with Crippen molar-refractivity contribution < 1.29 is 0 Å². The molecule has 1 aromatic rings. The fourth-order valence-electron chi connectivity index (χ4n) is 0.928. The van der Waals surface area contributed by atoms with E-state index in [1.54, 1.807) is 11.8 Å². The lowest BCUT2D eigenvalue weighted by atomic mass is 10.2. The van der Waals surface area contributed by atoms with Gasteiger partial charge in [0.25, 0.3) is 0 Å². The molecule has 0 unspecified atom stereocenters. The molecule has 0 radical (unpaired) electrons. The van der Waals surface area contributed by atoms with Crippen LogP contribution in [0, 0.1) is 0 Å². The van der Waals surface area contributed by atoms with Gasteiger partial charge in [0.1, 0.15) is 0 Å². The summed E-state index contributed by atoms with van der Waals surface area (Å²) < 4.78 is 0. The molecule has 0 aliphatic carbocycles. The zero-order valence-corrected chi connectivity index (χ0v) is 10.2. The molecule has 1 aromatic carbocycles. The second-order valence-electron chi connectivity index (χ2n) is 2.08. The van der Waals surface area contributed by atoms with Gasteiger partial charge in [-0.2, -0.15) is 0 Å². The van der Waals surface area contributed by atoms with Gasteiger partial charge < -0.3 is 0 Å². The molecule has 2 rings (SSSR count). The summed E-state index contributed by atoms with van der Waals surface area (Å²) in [7, 11) is 0. The average Bonchev–Trinajstić information content (AvgIpc) is 2.34. The van der Waals surface area contributed by atoms with Crippen LogP contribution >= 0.6 is 11.8 Å². The number of rotatable bonds is 0. The molecule has 0 fully saturated rings. The first-order valence-electron chi connectivity index (χ1n) is 5.13. The van der Waals surface area contributed by atoms with Crippen molar-refractivity contribution in [3.05, 3.63) is 41.0 Å². The standard InChI is InChI=1S/C9H6S.2C2H6/c1-2-6-9-8(4-1)5-3-7-10-9;2*1-2/h1-2,4-7H;2*1-2H3. The van der Waals surface area contributed by atoms with Gasteiger partial charge in [0.15, 0.2) is 0 Å². The lowest BCUT2D eigenvalue weighted by Crippen LogP contribution is -1.77. The Morgan fingerprint density at radius 3 is 2.29 bits per heavy atom. The SMILES string of the molecule is C1=CSc2ccccc2C=1.CC.CC. The van der Waals surface area contributed by atoms with Gasteiger partial charge in [-0.05, 0) is 17.7 Å². The molecule has 1 heteroatoms. The van der Waals surface area contributed by atoms with Gasteiger partial charge >= 0.3 is 0 Å². The van der Waals surface area contributed by atoms with E-state index in [0.29, 0.717) is 0 Å². The normalized spacial score (nSPS) is 10.3. The van der Waals surface area contributed by atoms with E-state index in [0.717, 1.165) is 0 Å². The molecule has 0 atom stereocenters. The maximum atomic E-state index is 3.05. The number of hydrogen-bond acceptors (Lipinski definition) is 1. The number of fused-ring (bicyclic) bond motifs is 1. The molecule has 0 nitrogen and oxygen atoms in total. The molecule has 1 aliphatic heterocycles. The molecule has 0 aromatic heterocycles. The molecule has 1 heterocycles. The highest BCUT2D eigenvalue weighted by molar-refractivity contribution is 8.02. The molecule has 0 N–H and O–H groups in total. The lowest BCUT2D eigenvalue weighted by molar-refractivity contribution is 1.43. The Labute approximate surface area is 91.7 Å². The Bertz CT molecular complexity index is 307. The fourth-order valence-corrected chi connectivity index (χ4v) is 1.61. The van der Waals surface area contributed by atoms with E-state index >= 15 is 0 Å². The van der Waals surface area contributed by atoms with E-state index < -0.39 is 0 Å². The zero-order valence-electron chi connectivity index (χ0n) is 9.37. The maximum absolute atomic E-state index is 3.05. The zero-order chi connectivity index (χ0) is 10.8. The molecule has 0 bridgehead atoms. The molecular weight excluding hydrogens is 188 g/mol. The van der Waals surface area contributed by atoms with Crippen molar-refractivity contribution in [1.82, 2.24) is 0 Å². The Morgan fingerprint density at radius 1 is 1.00 bits per heavy atom. The first-order chi connectivity index (χ1) is 6.97. The molecule has 0 saturated heterocycles. The molecule has 1 aliphatic rings. The van der Waals surface area contributed by atoms with E-state index in [1.807, 2.05) is 45.2 Å². The van der Waals surface area contributed by atoms with Crippen molar-refractivity contribution in [2.45, 2.75) is 32.6 Å². The highest BCUT2D eigenvalue weighted by Crippen LogP contribution is 2.26. The summed E-state index contributed by atoms with van der Waals surface area (Å²) in [5.41, 5.74) is 4.33. The van der Waals surface area contributed by atoms with E-state index in [-0.39, 0.29) is 0 Å². The molecule has 0 spiro atoms. The monoisotopic (exact) mass is 206 g/mol. The third kappa shape index (κ3) is 3.87. The van der Waals surface area contributed by atoms with Crippen molar-refractivity contribution in [2.75, 3.05) is 0 Å². The van der Waals surface area contributed by atoms with Crippen molar-refractivity contribution in [1.29, 1.82) is 0 Å². The van der Waals surface area contributed by atoms with Crippen LogP contribution in [-0.4, -0.2) is 0 Å². The first kappa shape index (κ1) is 13.1. The van der Waals surface area contributed by atoms with Gasteiger partial charge in [-0.25, -0.2) is 0 Å². The molecule has 76 valence electrons. The minimum Gasteiger partial charge on any atom is -0.113 e. The van der Waals surface area contributed by atoms with Gasteiger partial charge in [0, 0.05) is 10.3 Å². The van der Waals surface area contributed by atoms with Crippen molar-refractivity contribution in [3.8, 4) is 0 Å². The molecule has 0 amide bonds. The van der Waals surface area contributed by atoms with Gasteiger partial charge in [0.2, 0.25) is 0 Å². The predicted octanol–water partition coefficient (Wildman–Crippen LogP) is 4.97. The maximum Gasteiger partial charge on any atom is 0.0201 e. The van der Waals surface area contributed by atoms with Crippen LogP contribution in [-0.2, 0) is 0 Å². The number of hydrogen-bond donors (Lipinski definition) is 0. The summed E-state index contributed by atoms with van der Waals surface area (Å²) in [6, 6.07) is 8.32. The Morgan fingerprint density at radius 2 is 1.64 bits per heavy atom. The molecule has 14 heavy (non-hydrogen) atoms. The van der Waals surface area contributed by atoms with Crippen LogP contribution < -0.4 is 0 Å². The summed E-state index contributed by atoms with van der Waals surface area (Å²) in [5.74, 6) is 0. The van der Waals surface area contributed by atoms with E-state index in [9.17, 15) is 0 Å². The highest BCUT2D eigenvalue weighted by Gasteiger charge is 1.98. The van der Waals surface area contributed by atoms with Crippen LogP contribution in [0.3, 0.4) is 0 Å². The Balaban J connectivity index is 0.000000379. The van der Waals surface area contributed by atoms with E-state index in [1.165, 1.54) is 10.5 Å². The van der Waals surface area contributed by atoms with Gasteiger partial charge in [-0.3, -0.25) is 0 Å². The highest BCUT2D eigenvalue weighted by atomic mass is 32.2. The number of benzene rings is 1. The van der Waals surface area contributed by atoms with Crippen molar-refractivity contribution in [3.63, 3.8) is 0 Å². The van der Waals surface area contributed by atoms with Crippen molar-refractivity contribution in [2.24, 2.45) is 0 Å². The smallest absolute Gasteiger partial charge is 0.0201 e. The van der Waals surface area contributed by atoms with E-state index in [4.69, 9.17) is 0 Å². The summed E-state index contributed by atoms with van der Waals surface area (Å²) >= 11 is 1.72. The third-order valence-electron chi connectivity index (χ3n) is 1.41. The third-order valence-corrected chi connectivity index (χ3v) is 2.29. The topological polar surface area (TPSA) is 0 Å². The second kappa shape index (κ2) is 8.68. The van der Waals surface area contributed by atoms with Crippen LogP contribution in [0.25, 0.3) is 6.08 Å². The van der Waals surface area contributed by atoms with Crippen LogP contribution in [0.2, 0.25) is 0 Å². The van der Waals surface area contributed by atoms with Crippen LogP contribution in [0.4, 0.5) is 0 Å². The second-order valence-corrected chi connectivity index (χ2v) is 3.00. The van der Waals surface area contributed by atoms with Gasteiger partial charge in [0.05, 0.1) is 0 Å². The quantitative estimate of drug-likeness (QED) is 0.540. The van der Waals surface area contributed by atoms with Gasteiger partial charge in [-0.1, -0.05) is 57.7 Å². The summed E-state index contributed by atoms with van der Waals surface area (Å²) in [4.78, 5) is 1.32. The summed E-state index contributed by atoms with van der Waals surface area (Å²) in [6.45, 7) is 8.00. The molecular formula is C13H18S. The Hall–Kier alpha value is -0.910. The van der Waals surface area contributed by atoms with Gasteiger partial charge in [-0.15, -0.1) is 5.73 Å². The molecule has 0 saturated carbocycles. The average molecular weight is 206 g/mol. The largest absolute Gasteiger partial charge is 0.113 e. The number of thioether (sulfide) groups is 1. The summed E-state index contributed by atoms with van der Waals surface area (Å²) in [6.07, 6.45) is 2.01. The van der Waals surface area contributed by atoms with Crippen LogP contribution in [0.1, 0.15) is 33.3 Å².